The van der Waals surface area contributed by atoms with Crippen LogP contribution in [-0.4, -0.2) is 74.5 Å². The normalized spacial score (nSPS) is 33.9. The molecule has 0 bridgehead atoms. The van der Waals surface area contributed by atoms with Gasteiger partial charge in [0.05, 0.1) is 35.8 Å². The van der Waals surface area contributed by atoms with Gasteiger partial charge < -0.3 is 19.6 Å². The summed E-state index contributed by atoms with van der Waals surface area (Å²) >= 11 is 1.55. The Kier molecular flexibility index (Phi) is 7.50. The van der Waals surface area contributed by atoms with E-state index in [2.05, 4.69) is 6.08 Å². The zero-order valence-electron chi connectivity index (χ0n) is 21.5. The maximum Gasteiger partial charge on any atom is 0.311 e. The molecule has 2 amide bonds. The Morgan fingerprint density at radius 1 is 1.16 bits per heavy atom. The SMILES string of the molecule is CC[C@H](C)[C@H](CO)N1C(=O)[C@@H]2[C@@H]3C(=O)OCCC/C=C\[C@@H]3S[C@@]23C=CCN(Cc2ccccc2)C(=O)C13. The van der Waals surface area contributed by atoms with E-state index in [1.807, 2.05) is 62.4 Å². The maximum absolute atomic E-state index is 14.4. The van der Waals surface area contributed by atoms with Gasteiger partial charge >= 0.3 is 5.97 Å². The van der Waals surface area contributed by atoms with E-state index in [9.17, 15) is 19.5 Å². The van der Waals surface area contributed by atoms with Crippen molar-refractivity contribution in [2.24, 2.45) is 17.8 Å². The Hall–Kier alpha value is -2.58. The Balaban J connectivity index is 1.61. The lowest BCUT2D eigenvalue weighted by Crippen LogP contribution is -2.57. The summed E-state index contributed by atoms with van der Waals surface area (Å²) in [5, 5.41) is 10.2. The third-order valence-electron chi connectivity index (χ3n) is 8.43. The zero-order valence-corrected chi connectivity index (χ0v) is 22.3. The van der Waals surface area contributed by atoms with Crippen LogP contribution in [0.2, 0.25) is 0 Å². The standard InChI is InChI=1S/C29H36N2O5S/c1-3-19(2)21(18-32)31-25-27(34)30(17-20-11-6-4-7-12-20)15-10-14-29(25)24(26(31)33)23-22(37-29)13-8-5-9-16-36-28(23)35/h4,6-8,10-14,19,21-25,32H,3,5,9,15-18H2,1-2H3/b13-8-/t19-,21-,22-,23+,24-,25?,29-/m0/s1. The number of aliphatic hydroxyl groups is 1. The fourth-order valence-corrected chi connectivity index (χ4v) is 8.35. The summed E-state index contributed by atoms with van der Waals surface area (Å²) in [6, 6.07) is 8.50. The molecule has 1 spiro atoms. The minimum Gasteiger partial charge on any atom is -0.465 e. The van der Waals surface area contributed by atoms with Gasteiger partial charge in [-0.1, -0.05) is 74.9 Å². The number of cyclic esters (lactones) is 1. The van der Waals surface area contributed by atoms with Crippen LogP contribution in [-0.2, 0) is 25.7 Å². The molecular formula is C29H36N2O5S. The molecule has 0 saturated carbocycles. The number of hydrogen-bond acceptors (Lipinski definition) is 6. The van der Waals surface area contributed by atoms with Gasteiger partial charge in [0.2, 0.25) is 11.8 Å². The second-order valence-corrected chi connectivity index (χ2v) is 12.1. The van der Waals surface area contributed by atoms with E-state index in [1.54, 1.807) is 21.6 Å². The number of esters is 1. The van der Waals surface area contributed by atoms with Crippen LogP contribution in [0.4, 0.5) is 0 Å². The number of likely N-dealkylation sites (tertiary alicyclic amines) is 1. The largest absolute Gasteiger partial charge is 0.465 e. The molecular weight excluding hydrogens is 488 g/mol. The number of benzene rings is 1. The lowest BCUT2D eigenvalue weighted by molar-refractivity contribution is -0.154. The first-order valence-electron chi connectivity index (χ1n) is 13.4. The van der Waals surface area contributed by atoms with Gasteiger partial charge in [-0.3, -0.25) is 14.4 Å². The minimum atomic E-state index is -0.904. The molecule has 4 aliphatic rings. The van der Waals surface area contributed by atoms with Crippen LogP contribution in [0.5, 0.6) is 0 Å². The Morgan fingerprint density at radius 2 is 1.95 bits per heavy atom. The van der Waals surface area contributed by atoms with Gasteiger partial charge in [0, 0.05) is 18.3 Å². The van der Waals surface area contributed by atoms with Crippen LogP contribution >= 0.6 is 11.8 Å². The molecule has 1 unspecified atom stereocenters. The van der Waals surface area contributed by atoms with E-state index in [4.69, 9.17) is 4.74 Å². The van der Waals surface area contributed by atoms with Gasteiger partial charge in [0.15, 0.2) is 0 Å². The molecule has 1 aromatic carbocycles. The third-order valence-corrected chi connectivity index (χ3v) is 10.2. The van der Waals surface area contributed by atoms with E-state index < -0.39 is 28.7 Å². The highest BCUT2D eigenvalue weighted by atomic mass is 32.2. The average Bonchev–Trinajstić information content (AvgIpc) is 3.32. The Morgan fingerprint density at radius 3 is 2.68 bits per heavy atom. The minimum absolute atomic E-state index is 0.0133. The second kappa shape index (κ2) is 10.7. The van der Waals surface area contributed by atoms with E-state index in [0.29, 0.717) is 19.7 Å². The predicted octanol–water partition coefficient (Wildman–Crippen LogP) is 3.18. The topological polar surface area (TPSA) is 87.2 Å². The van der Waals surface area contributed by atoms with Crippen molar-refractivity contribution >= 4 is 29.5 Å². The van der Waals surface area contributed by atoms with Crippen molar-refractivity contribution in [3.8, 4) is 0 Å². The number of allylic oxidation sites excluding steroid dienone is 1. The van der Waals surface area contributed by atoms with E-state index in [0.717, 1.165) is 24.8 Å². The van der Waals surface area contributed by atoms with Crippen molar-refractivity contribution in [2.45, 2.75) is 61.7 Å². The average molecular weight is 525 g/mol. The first-order valence-corrected chi connectivity index (χ1v) is 14.3. The zero-order chi connectivity index (χ0) is 26.2. The van der Waals surface area contributed by atoms with Crippen LogP contribution in [0.15, 0.2) is 54.6 Å². The number of carbonyl (C=O) groups excluding carboxylic acids is 3. The summed E-state index contributed by atoms with van der Waals surface area (Å²) < 4.78 is 4.72. The van der Waals surface area contributed by atoms with Gasteiger partial charge in [-0.2, -0.15) is 0 Å². The van der Waals surface area contributed by atoms with Crippen LogP contribution in [0.1, 0.15) is 38.7 Å². The summed E-state index contributed by atoms with van der Waals surface area (Å²) in [4.78, 5) is 45.5. The molecule has 0 aromatic heterocycles. The number of amides is 2. The fraction of sp³-hybridized carbons (Fsp3) is 0.552. The van der Waals surface area contributed by atoms with Crippen LogP contribution in [0.3, 0.4) is 0 Å². The molecule has 2 fully saturated rings. The molecule has 7 nitrogen and oxygen atoms in total. The highest BCUT2D eigenvalue weighted by Gasteiger charge is 2.71. The van der Waals surface area contributed by atoms with Crippen molar-refractivity contribution in [3.05, 3.63) is 60.2 Å². The number of ether oxygens (including phenoxy) is 1. The molecule has 7 atom stereocenters. The van der Waals surface area contributed by atoms with E-state index in [1.165, 1.54) is 0 Å². The number of aliphatic hydroxyl groups excluding tert-OH is 1. The summed E-state index contributed by atoms with van der Waals surface area (Å²) in [7, 11) is 0. The van der Waals surface area contributed by atoms with Crippen LogP contribution < -0.4 is 0 Å². The quantitative estimate of drug-likeness (QED) is 0.454. The fourth-order valence-electron chi connectivity index (χ4n) is 6.36. The van der Waals surface area contributed by atoms with E-state index in [-0.39, 0.29) is 35.6 Å². The summed E-state index contributed by atoms with van der Waals surface area (Å²) in [6.45, 7) is 4.95. The second-order valence-electron chi connectivity index (χ2n) is 10.6. The molecule has 0 aliphatic carbocycles. The van der Waals surface area contributed by atoms with Crippen molar-refractivity contribution in [2.75, 3.05) is 19.8 Å². The molecule has 1 N–H and O–H groups in total. The number of rotatable bonds is 6. The lowest BCUT2D eigenvalue weighted by Gasteiger charge is -2.40. The number of carbonyl (C=O) groups is 3. The number of thioether (sulfide) groups is 1. The Bertz CT molecular complexity index is 1090. The molecule has 5 rings (SSSR count). The molecule has 4 aliphatic heterocycles. The first kappa shape index (κ1) is 26.0. The van der Waals surface area contributed by atoms with Crippen LogP contribution in [0.25, 0.3) is 0 Å². The number of fused-ring (bicyclic) bond motifs is 2. The monoisotopic (exact) mass is 524 g/mol. The molecule has 37 heavy (non-hydrogen) atoms. The number of nitrogens with zero attached hydrogens (tertiary/aromatic N) is 2. The molecule has 2 saturated heterocycles. The molecule has 4 heterocycles. The van der Waals surface area contributed by atoms with Crippen molar-refractivity contribution in [1.82, 2.24) is 9.80 Å². The highest BCUT2D eigenvalue weighted by Crippen LogP contribution is 2.61. The number of hydrogen-bond donors (Lipinski definition) is 1. The summed E-state index contributed by atoms with van der Waals surface area (Å²) in [5.41, 5.74) is 1.01. The first-order chi connectivity index (χ1) is 17.9. The molecule has 1 aromatic rings. The van der Waals surface area contributed by atoms with Gasteiger partial charge in [-0.15, -0.1) is 11.8 Å². The van der Waals surface area contributed by atoms with Gasteiger partial charge in [-0.05, 0) is 24.3 Å². The van der Waals surface area contributed by atoms with Crippen molar-refractivity contribution in [3.63, 3.8) is 0 Å². The maximum atomic E-state index is 14.4. The lowest BCUT2D eigenvalue weighted by atomic mass is 9.78. The van der Waals surface area contributed by atoms with Gasteiger partial charge in [0.25, 0.3) is 0 Å². The Labute approximate surface area is 222 Å². The van der Waals surface area contributed by atoms with Crippen molar-refractivity contribution in [1.29, 1.82) is 0 Å². The van der Waals surface area contributed by atoms with Crippen LogP contribution in [0, 0.1) is 17.8 Å². The summed E-state index contributed by atoms with van der Waals surface area (Å²) in [5.74, 6) is -2.14. The predicted molar refractivity (Wildman–Crippen MR) is 142 cm³/mol. The van der Waals surface area contributed by atoms with Gasteiger partial charge in [0.1, 0.15) is 6.04 Å². The van der Waals surface area contributed by atoms with Gasteiger partial charge in [-0.25, -0.2) is 0 Å². The van der Waals surface area contributed by atoms with Crippen molar-refractivity contribution < 1.29 is 24.2 Å². The third kappa shape index (κ3) is 4.42. The molecule has 198 valence electrons. The smallest absolute Gasteiger partial charge is 0.311 e. The highest BCUT2D eigenvalue weighted by molar-refractivity contribution is 8.02. The van der Waals surface area contributed by atoms with E-state index >= 15 is 0 Å². The molecule has 0 radical (unpaired) electrons. The molecule has 8 heteroatoms. The summed E-state index contributed by atoms with van der Waals surface area (Å²) in [6.07, 6.45) is 10.4.